The molecule has 2 rings (SSSR count). The van der Waals surface area contributed by atoms with Gasteiger partial charge in [0.15, 0.2) is 0 Å². The van der Waals surface area contributed by atoms with Crippen LogP contribution in [0.4, 0.5) is 5.69 Å². The Hall–Kier alpha value is -3.59. The molecule has 0 aliphatic heterocycles. The zero-order valence-electron chi connectivity index (χ0n) is 15.8. The van der Waals surface area contributed by atoms with Gasteiger partial charge in [-0.2, -0.15) is 0 Å². The molecule has 0 aliphatic rings. The van der Waals surface area contributed by atoms with Gasteiger partial charge in [-0.05, 0) is 44.2 Å². The fourth-order valence-corrected chi connectivity index (χ4v) is 2.32. The Morgan fingerprint density at radius 2 is 1.68 bits per heavy atom. The van der Waals surface area contributed by atoms with E-state index < -0.39 is 17.8 Å². The normalized spacial score (nSPS) is 9.64. The lowest BCUT2D eigenvalue weighted by atomic mass is 10.1. The third-order valence-electron chi connectivity index (χ3n) is 3.53. The van der Waals surface area contributed by atoms with Crippen LogP contribution in [0.15, 0.2) is 48.5 Å². The summed E-state index contributed by atoms with van der Waals surface area (Å²) in [5.74, 6) is 4.49. The second-order valence-corrected chi connectivity index (χ2v) is 5.63. The molecular weight excluding hydrogens is 358 g/mol. The molecule has 0 saturated heterocycles. The van der Waals surface area contributed by atoms with Crippen LogP contribution in [0.25, 0.3) is 0 Å². The van der Waals surface area contributed by atoms with Crippen molar-refractivity contribution in [2.75, 3.05) is 18.5 Å². The Kier molecular flexibility index (Phi) is 7.79. The minimum absolute atomic E-state index is 0.221. The highest BCUT2D eigenvalue weighted by Crippen LogP contribution is 2.15. The highest BCUT2D eigenvalue weighted by atomic mass is 16.5. The van der Waals surface area contributed by atoms with Gasteiger partial charge in [-0.25, -0.2) is 4.79 Å². The lowest BCUT2D eigenvalue weighted by Gasteiger charge is -2.07. The zero-order chi connectivity index (χ0) is 20.4. The largest absolute Gasteiger partial charge is 0.466 e. The molecule has 0 heterocycles. The molecule has 1 N–H and O–H groups in total. The first-order valence-electron chi connectivity index (χ1n) is 8.87. The van der Waals surface area contributed by atoms with Crippen LogP contribution in [0, 0.1) is 11.8 Å². The molecule has 1 amide bonds. The minimum atomic E-state index is -0.584. The summed E-state index contributed by atoms with van der Waals surface area (Å²) in [4.78, 5) is 35.2. The van der Waals surface area contributed by atoms with Gasteiger partial charge in [-0.15, -0.1) is 0 Å². The molecule has 0 atom stereocenters. The number of esters is 2. The molecular formula is C22H21NO5. The van der Waals surface area contributed by atoms with Gasteiger partial charge in [-0.1, -0.05) is 30.0 Å². The topological polar surface area (TPSA) is 81.7 Å². The van der Waals surface area contributed by atoms with Crippen molar-refractivity contribution >= 4 is 23.5 Å². The Bertz CT molecular complexity index is 924. The standard InChI is InChI=1S/C22H21NO5/c1-3-27-21(25)15-20(24)23-19-11-6-5-9-17(19)13-12-16-8-7-10-18(14-16)22(26)28-4-2/h5-11,14H,3-4,15H2,1-2H3,(H,23,24). The van der Waals surface area contributed by atoms with Crippen LogP contribution in [0.3, 0.4) is 0 Å². The fourth-order valence-electron chi connectivity index (χ4n) is 2.32. The predicted octanol–water partition coefficient (Wildman–Crippen LogP) is 3.15. The third kappa shape index (κ3) is 6.29. The van der Waals surface area contributed by atoms with E-state index in [1.165, 1.54) is 0 Å². The van der Waals surface area contributed by atoms with Crippen molar-refractivity contribution in [3.63, 3.8) is 0 Å². The van der Waals surface area contributed by atoms with E-state index >= 15 is 0 Å². The van der Waals surface area contributed by atoms with Gasteiger partial charge in [-0.3, -0.25) is 9.59 Å². The maximum absolute atomic E-state index is 12.0. The summed E-state index contributed by atoms with van der Waals surface area (Å²) in [6.07, 6.45) is -0.364. The van der Waals surface area contributed by atoms with Crippen LogP contribution in [0.1, 0.15) is 41.8 Å². The summed E-state index contributed by atoms with van der Waals surface area (Å²) in [5.41, 5.74) is 2.13. The van der Waals surface area contributed by atoms with E-state index in [1.807, 2.05) is 0 Å². The first kappa shape index (κ1) is 20.7. The van der Waals surface area contributed by atoms with Crippen molar-refractivity contribution in [3.8, 4) is 11.8 Å². The van der Waals surface area contributed by atoms with Crippen molar-refractivity contribution in [1.82, 2.24) is 0 Å². The van der Waals surface area contributed by atoms with Crippen LogP contribution in [-0.2, 0) is 19.1 Å². The number of carbonyl (C=O) groups excluding carboxylic acids is 3. The first-order valence-corrected chi connectivity index (χ1v) is 8.87. The van der Waals surface area contributed by atoms with E-state index in [0.717, 1.165) is 0 Å². The van der Waals surface area contributed by atoms with Crippen molar-refractivity contribution in [3.05, 3.63) is 65.2 Å². The Morgan fingerprint density at radius 1 is 0.929 bits per heavy atom. The number of amides is 1. The van der Waals surface area contributed by atoms with Crippen LogP contribution in [-0.4, -0.2) is 31.1 Å². The monoisotopic (exact) mass is 379 g/mol. The van der Waals surface area contributed by atoms with E-state index in [-0.39, 0.29) is 13.0 Å². The Morgan fingerprint density at radius 3 is 2.43 bits per heavy atom. The summed E-state index contributed by atoms with van der Waals surface area (Å²) in [7, 11) is 0. The maximum Gasteiger partial charge on any atom is 0.338 e. The number of rotatable bonds is 6. The molecule has 144 valence electrons. The lowest BCUT2D eigenvalue weighted by Crippen LogP contribution is -2.18. The molecule has 0 saturated carbocycles. The van der Waals surface area contributed by atoms with Gasteiger partial charge in [0.1, 0.15) is 6.42 Å². The predicted molar refractivity (Wildman–Crippen MR) is 105 cm³/mol. The van der Waals surface area contributed by atoms with E-state index in [0.29, 0.717) is 29.0 Å². The molecule has 28 heavy (non-hydrogen) atoms. The molecule has 6 heteroatoms. The molecule has 0 bridgehead atoms. The summed E-state index contributed by atoms with van der Waals surface area (Å²) in [6.45, 7) is 3.94. The highest BCUT2D eigenvalue weighted by molar-refractivity contribution is 6.02. The molecule has 0 radical (unpaired) electrons. The van der Waals surface area contributed by atoms with Gasteiger partial charge in [0.2, 0.25) is 5.91 Å². The van der Waals surface area contributed by atoms with E-state index in [9.17, 15) is 14.4 Å². The van der Waals surface area contributed by atoms with Crippen molar-refractivity contribution in [1.29, 1.82) is 0 Å². The van der Waals surface area contributed by atoms with Gasteiger partial charge >= 0.3 is 11.9 Å². The molecule has 2 aromatic rings. The van der Waals surface area contributed by atoms with Crippen LogP contribution in [0.2, 0.25) is 0 Å². The SMILES string of the molecule is CCOC(=O)CC(=O)Nc1ccccc1C#Cc1cccc(C(=O)OCC)c1. The smallest absolute Gasteiger partial charge is 0.338 e. The van der Waals surface area contributed by atoms with Crippen LogP contribution >= 0.6 is 0 Å². The molecule has 2 aromatic carbocycles. The summed E-state index contributed by atoms with van der Waals surface area (Å²) in [6, 6.07) is 13.8. The number of carbonyl (C=O) groups is 3. The number of hydrogen-bond donors (Lipinski definition) is 1. The number of nitrogens with one attached hydrogen (secondary N) is 1. The van der Waals surface area contributed by atoms with Crippen LogP contribution in [0.5, 0.6) is 0 Å². The van der Waals surface area contributed by atoms with Gasteiger partial charge < -0.3 is 14.8 Å². The average Bonchev–Trinajstić information content (AvgIpc) is 2.68. The Labute approximate surface area is 163 Å². The number of para-hydroxylation sites is 1. The Balaban J connectivity index is 2.16. The maximum atomic E-state index is 12.0. The fraction of sp³-hybridized carbons (Fsp3) is 0.227. The first-order chi connectivity index (χ1) is 13.5. The third-order valence-corrected chi connectivity index (χ3v) is 3.53. The quantitative estimate of drug-likeness (QED) is 0.474. The second kappa shape index (κ2) is 10.5. The highest BCUT2D eigenvalue weighted by Gasteiger charge is 2.11. The summed E-state index contributed by atoms with van der Waals surface area (Å²) < 4.78 is 9.75. The van der Waals surface area contributed by atoms with E-state index in [2.05, 4.69) is 17.2 Å². The van der Waals surface area contributed by atoms with E-state index in [1.54, 1.807) is 62.4 Å². The second-order valence-electron chi connectivity index (χ2n) is 5.63. The summed E-state index contributed by atoms with van der Waals surface area (Å²) >= 11 is 0. The number of anilines is 1. The molecule has 0 aromatic heterocycles. The molecule has 0 aliphatic carbocycles. The minimum Gasteiger partial charge on any atom is -0.466 e. The van der Waals surface area contributed by atoms with Crippen molar-refractivity contribution in [2.24, 2.45) is 0 Å². The lowest BCUT2D eigenvalue weighted by molar-refractivity contribution is -0.145. The molecule has 0 fully saturated rings. The van der Waals surface area contributed by atoms with E-state index in [4.69, 9.17) is 9.47 Å². The zero-order valence-corrected chi connectivity index (χ0v) is 15.8. The average molecular weight is 379 g/mol. The van der Waals surface area contributed by atoms with Crippen molar-refractivity contribution in [2.45, 2.75) is 20.3 Å². The number of benzene rings is 2. The molecule has 6 nitrogen and oxygen atoms in total. The molecule has 0 spiro atoms. The number of hydrogen-bond acceptors (Lipinski definition) is 5. The van der Waals surface area contributed by atoms with Crippen molar-refractivity contribution < 1.29 is 23.9 Å². The van der Waals surface area contributed by atoms with Gasteiger partial charge in [0.05, 0.1) is 24.5 Å². The van der Waals surface area contributed by atoms with Crippen LogP contribution < -0.4 is 5.32 Å². The number of ether oxygens (including phenoxy) is 2. The summed E-state index contributed by atoms with van der Waals surface area (Å²) in [5, 5.41) is 2.67. The van der Waals surface area contributed by atoms with Gasteiger partial charge in [0, 0.05) is 11.1 Å². The molecule has 0 unspecified atom stereocenters. The van der Waals surface area contributed by atoms with Gasteiger partial charge in [0.25, 0.3) is 0 Å².